The monoisotopic (exact) mass is 685 g/mol. The van der Waals surface area contributed by atoms with Crippen LogP contribution in [0.1, 0.15) is 30.4 Å². The molecule has 3 aromatic carbocycles. The number of rotatable bonds is 8. The van der Waals surface area contributed by atoms with Crippen molar-refractivity contribution >= 4 is 70.4 Å². The van der Waals surface area contributed by atoms with Crippen molar-refractivity contribution in [3.63, 3.8) is 0 Å². The van der Waals surface area contributed by atoms with E-state index >= 15 is 0 Å². The first-order valence-corrected chi connectivity index (χ1v) is 17.8. The molecule has 1 unspecified atom stereocenters. The summed E-state index contributed by atoms with van der Waals surface area (Å²) in [6.07, 6.45) is 1.86. The molecule has 0 spiro atoms. The van der Waals surface area contributed by atoms with Gasteiger partial charge in [-0.3, -0.25) is 0 Å². The average Bonchev–Trinajstić information content (AvgIpc) is 2.97. The Hall–Kier alpha value is -2.90. The number of carboxylic acid groups (broad SMARTS) is 1. The molecule has 0 saturated carbocycles. The molecule has 1 aromatic heterocycles. The van der Waals surface area contributed by atoms with E-state index in [9.17, 15) is 23.1 Å². The van der Waals surface area contributed by atoms with Crippen LogP contribution in [0.4, 0.5) is 4.79 Å². The molecule has 217 valence electrons. The molecule has 1 amide bonds. The SMILES string of the molecule is Cc1ccc(S(=O)(=O)[C@H]2CCCCN2C(=O)[As]C(Cc2ccc3nc(-c4c(Cl)cccc4Cl)ccc3c2)C(=O)O)cc1. The summed E-state index contributed by atoms with van der Waals surface area (Å²) in [4.78, 5) is 32.0. The predicted octanol–water partition coefficient (Wildman–Crippen LogP) is 7.04. The molecule has 1 fully saturated rings. The Bertz CT molecular complexity index is 1750. The number of aliphatic carboxylic acids is 1. The molecule has 4 aromatic rings. The zero-order valence-corrected chi connectivity index (χ0v) is 26.9. The second kappa shape index (κ2) is 12.8. The first kappa shape index (κ1) is 30.6. The van der Waals surface area contributed by atoms with Crippen LogP contribution in [0.25, 0.3) is 22.2 Å². The van der Waals surface area contributed by atoms with E-state index in [2.05, 4.69) is 0 Å². The molecule has 2 atom stereocenters. The van der Waals surface area contributed by atoms with E-state index in [-0.39, 0.29) is 16.0 Å². The predicted molar refractivity (Wildman–Crippen MR) is 166 cm³/mol. The van der Waals surface area contributed by atoms with E-state index in [0.29, 0.717) is 52.6 Å². The fourth-order valence-electron chi connectivity index (χ4n) is 5.13. The topological polar surface area (TPSA) is 105 Å². The first-order valence-electron chi connectivity index (χ1n) is 13.4. The van der Waals surface area contributed by atoms with Gasteiger partial charge in [0.25, 0.3) is 0 Å². The van der Waals surface area contributed by atoms with Crippen LogP contribution in [0.3, 0.4) is 0 Å². The van der Waals surface area contributed by atoms with E-state index in [1.54, 1.807) is 48.5 Å². The third kappa shape index (κ3) is 6.52. The van der Waals surface area contributed by atoms with Crippen LogP contribution in [0.5, 0.6) is 0 Å². The number of hydrogen-bond donors (Lipinski definition) is 1. The molecule has 1 aliphatic heterocycles. The van der Waals surface area contributed by atoms with Crippen molar-refractivity contribution in [3.05, 3.63) is 94.0 Å². The maximum atomic E-state index is 13.5. The van der Waals surface area contributed by atoms with Crippen molar-refractivity contribution in [2.24, 2.45) is 0 Å². The number of carbonyl (C=O) groups is 2. The van der Waals surface area contributed by atoms with Crippen LogP contribution >= 0.6 is 23.2 Å². The number of aryl methyl sites for hydroxylation is 1. The van der Waals surface area contributed by atoms with Crippen molar-refractivity contribution in [2.45, 2.75) is 47.6 Å². The Balaban J connectivity index is 1.34. The molecule has 7 nitrogen and oxygen atoms in total. The summed E-state index contributed by atoms with van der Waals surface area (Å²) in [6, 6.07) is 21.0. The number of hydrogen-bond acceptors (Lipinski definition) is 5. The Morgan fingerprint density at radius 3 is 2.43 bits per heavy atom. The number of halogens is 2. The van der Waals surface area contributed by atoms with E-state index < -0.39 is 41.6 Å². The molecule has 1 aliphatic rings. The second-order valence-electron chi connectivity index (χ2n) is 10.3. The number of piperidine rings is 1. The average molecular weight is 686 g/mol. The quantitative estimate of drug-likeness (QED) is 0.200. The number of aromatic nitrogens is 1. The molecule has 42 heavy (non-hydrogen) atoms. The molecule has 1 radical (unpaired) electrons. The van der Waals surface area contributed by atoms with Gasteiger partial charge >= 0.3 is 263 Å². The van der Waals surface area contributed by atoms with Crippen molar-refractivity contribution in [2.75, 3.05) is 6.54 Å². The van der Waals surface area contributed by atoms with Crippen LogP contribution in [0, 0.1) is 6.92 Å². The summed E-state index contributed by atoms with van der Waals surface area (Å²) in [5, 5.41) is 10.8. The normalized spacial score (nSPS) is 16.6. The van der Waals surface area contributed by atoms with Crippen molar-refractivity contribution < 1.29 is 23.1 Å². The molecule has 0 bridgehead atoms. The number of carboxylic acids is 1. The van der Waals surface area contributed by atoms with Gasteiger partial charge in [0.05, 0.1) is 0 Å². The summed E-state index contributed by atoms with van der Waals surface area (Å²) in [5.74, 6) is -1.07. The number of fused-ring (bicyclic) bond motifs is 1. The summed E-state index contributed by atoms with van der Waals surface area (Å²) in [7, 11) is -3.79. The van der Waals surface area contributed by atoms with Crippen molar-refractivity contribution in [1.82, 2.24) is 9.88 Å². The summed E-state index contributed by atoms with van der Waals surface area (Å²) in [6.45, 7) is 2.18. The van der Waals surface area contributed by atoms with Gasteiger partial charge in [0.2, 0.25) is 0 Å². The number of benzene rings is 3. The molecular formula is C31H28AsCl2N2O5S. The Morgan fingerprint density at radius 1 is 1.02 bits per heavy atom. The Labute approximate surface area is 261 Å². The van der Waals surface area contributed by atoms with Crippen LogP contribution in [-0.4, -0.2) is 61.7 Å². The van der Waals surface area contributed by atoms with Gasteiger partial charge in [0, 0.05) is 0 Å². The van der Waals surface area contributed by atoms with E-state index in [4.69, 9.17) is 28.2 Å². The number of pyridine rings is 1. The maximum absolute atomic E-state index is 13.5. The zero-order chi connectivity index (χ0) is 30.0. The van der Waals surface area contributed by atoms with Gasteiger partial charge in [-0.05, 0) is 0 Å². The van der Waals surface area contributed by atoms with E-state index in [1.165, 1.54) is 4.90 Å². The second-order valence-corrected chi connectivity index (χ2v) is 15.9. The van der Waals surface area contributed by atoms with Crippen LogP contribution in [-0.2, 0) is 21.1 Å². The van der Waals surface area contributed by atoms with Gasteiger partial charge in [-0.15, -0.1) is 0 Å². The van der Waals surface area contributed by atoms with Gasteiger partial charge in [0.15, 0.2) is 0 Å². The number of carbonyl (C=O) groups excluding carboxylic acids is 1. The summed E-state index contributed by atoms with van der Waals surface area (Å²) >= 11 is 11.3. The zero-order valence-electron chi connectivity index (χ0n) is 22.7. The minimum atomic E-state index is -3.79. The minimum absolute atomic E-state index is 0.151. The van der Waals surface area contributed by atoms with Crippen LogP contribution in [0.2, 0.25) is 14.8 Å². The van der Waals surface area contributed by atoms with Gasteiger partial charge in [0.1, 0.15) is 0 Å². The Kier molecular flexibility index (Phi) is 9.28. The van der Waals surface area contributed by atoms with Gasteiger partial charge in [-0.2, -0.15) is 0 Å². The molecule has 5 rings (SSSR count). The molecular weight excluding hydrogens is 658 g/mol. The molecule has 11 heteroatoms. The first-order chi connectivity index (χ1) is 20.0. The number of sulfone groups is 1. The molecule has 2 heterocycles. The van der Waals surface area contributed by atoms with Crippen LogP contribution < -0.4 is 0 Å². The van der Waals surface area contributed by atoms with Crippen LogP contribution in [0.15, 0.2) is 77.7 Å². The van der Waals surface area contributed by atoms with E-state index in [0.717, 1.165) is 16.5 Å². The fraction of sp³-hybridized carbons (Fsp3) is 0.258. The third-order valence-electron chi connectivity index (χ3n) is 7.35. The van der Waals surface area contributed by atoms with Crippen molar-refractivity contribution in [1.29, 1.82) is 0 Å². The number of likely N-dealkylation sites (tertiary alicyclic amines) is 1. The summed E-state index contributed by atoms with van der Waals surface area (Å²) in [5.41, 5.74) is 3.66. The van der Waals surface area contributed by atoms with Crippen molar-refractivity contribution in [3.8, 4) is 11.3 Å². The van der Waals surface area contributed by atoms with Gasteiger partial charge < -0.3 is 0 Å². The standard InChI is InChI=1S/C31H28AsCl2N2O5S/c1-19-8-12-22(13-9-19)42(40,41)28-7-2-3-16-36(28)31(39)32-23(30(37)38)18-20-10-14-26-21(17-20)11-15-27(35-26)29-24(33)5-4-6-25(29)34/h4-6,8-15,17,23,28H,2-3,7,16,18H2,1H3,(H,37,38)/t23?,28-/m0/s1. The number of nitrogens with zero attached hydrogens (tertiary/aromatic N) is 2. The number of amides is 1. The fourth-order valence-corrected chi connectivity index (χ4v) is 9.97. The van der Waals surface area contributed by atoms with E-state index in [1.807, 2.05) is 31.2 Å². The molecule has 1 saturated heterocycles. The third-order valence-corrected chi connectivity index (χ3v) is 12.6. The molecule has 0 aliphatic carbocycles. The summed E-state index contributed by atoms with van der Waals surface area (Å²) < 4.78 is 25.7. The molecule has 1 N–H and O–H groups in total. The Morgan fingerprint density at radius 2 is 1.74 bits per heavy atom. The van der Waals surface area contributed by atoms with Gasteiger partial charge in [-0.25, -0.2) is 0 Å². The van der Waals surface area contributed by atoms with Gasteiger partial charge in [-0.1, -0.05) is 0 Å².